The number of nitrogens with zero attached hydrogens (tertiary/aromatic N) is 1. The van der Waals surface area contributed by atoms with Gasteiger partial charge in [0.2, 0.25) is 0 Å². The average Bonchev–Trinajstić information content (AvgIpc) is 2.45. The third-order valence-electron chi connectivity index (χ3n) is 4.27. The molecule has 2 amide bonds. The van der Waals surface area contributed by atoms with Crippen LogP contribution in [0.25, 0.3) is 0 Å². The van der Waals surface area contributed by atoms with E-state index in [0.717, 1.165) is 19.3 Å². The topological polar surface area (TPSA) is 78.9 Å². The van der Waals surface area contributed by atoms with E-state index >= 15 is 0 Å². The molecule has 0 heterocycles. The zero-order chi connectivity index (χ0) is 15.2. The van der Waals surface area contributed by atoms with Crippen molar-refractivity contribution in [3.05, 3.63) is 0 Å². The summed E-state index contributed by atoms with van der Waals surface area (Å²) >= 11 is 0. The number of urea groups is 1. The minimum Gasteiger partial charge on any atom is -0.480 e. The van der Waals surface area contributed by atoms with E-state index in [9.17, 15) is 14.7 Å². The molecule has 1 rings (SSSR count). The fraction of sp³-hybridized carbons (Fsp3) is 0.857. The molecule has 0 aromatic rings. The van der Waals surface area contributed by atoms with Gasteiger partial charge >= 0.3 is 12.0 Å². The Kier molecular flexibility index (Phi) is 6.26. The van der Waals surface area contributed by atoms with Crippen LogP contribution in [0.4, 0.5) is 4.79 Å². The highest BCUT2D eigenvalue weighted by molar-refractivity contribution is 5.86. The van der Waals surface area contributed by atoms with Gasteiger partial charge in [-0.25, -0.2) is 9.59 Å². The molecule has 1 aliphatic rings. The zero-order valence-corrected chi connectivity index (χ0v) is 12.6. The molecule has 116 valence electrons. The Morgan fingerprint density at radius 3 is 2.45 bits per heavy atom. The predicted molar refractivity (Wildman–Crippen MR) is 75.7 cm³/mol. The highest BCUT2D eigenvalue weighted by atomic mass is 16.5. The number of hydrogen-bond acceptors (Lipinski definition) is 3. The minimum absolute atomic E-state index is 0.348. The lowest BCUT2D eigenvalue weighted by molar-refractivity contribution is -0.146. The number of hydrogen-bond donors (Lipinski definition) is 2. The fourth-order valence-electron chi connectivity index (χ4n) is 2.60. The largest absolute Gasteiger partial charge is 0.480 e. The summed E-state index contributed by atoms with van der Waals surface area (Å²) in [4.78, 5) is 25.1. The molecule has 0 bridgehead atoms. The lowest BCUT2D eigenvalue weighted by Gasteiger charge is -2.38. The van der Waals surface area contributed by atoms with E-state index < -0.39 is 11.5 Å². The summed E-state index contributed by atoms with van der Waals surface area (Å²) in [6, 6.07) is -0.348. The van der Waals surface area contributed by atoms with Crippen molar-refractivity contribution in [3.8, 4) is 0 Å². The maximum atomic E-state index is 12.1. The Hall–Kier alpha value is -1.30. The Morgan fingerprint density at radius 1 is 1.40 bits per heavy atom. The number of likely N-dealkylation sites (N-methyl/N-ethyl adjacent to an activating group) is 1. The van der Waals surface area contributed by atoms with Crippen molar-refractivity contribution in [2.75, 3.05) is 27.3 Å². The Bertz CT molecular complexity index is 338. The molecular weight excluding hydrogens is 260 g/mol. The second kappa shape index (κ2) is 7.47. The van der Waals surface area contributed by atoms with Gasteiger partial charge in [0.1, 0.15) is 5.54 Å². The van der Waals surface area contributed by atoms with Crippen molar-refractivity contribution in [2.45, 2.75) is 44.6 Å². The first-order chi connectivity index (χ1) is 9.45. The summed E-state index contributed by atoms with van der Waals surface area (Å²) in [5.41, 5.74) is -1.11. The number of methoxy groups -OCH3 is 1. The van der Waals surface area contributed by atoms with Gasteiger partial charge in [-0.15, -0.1) is 0 Å². The summed E-state index contributed by atoms with van der Waals surface area (Å²) in [5, 5.41) is 12.2. The first kappa shape index (κ1) is 16.8. The van der Waals surface area contributed by atoms with Gasteiger partial charge in [-0.05, 0) is 31.6 Å². The van der Waals surface area contributed by atoms with E-state index in [-0.39, 0.29) is 6.03 Å². The molecule has 0 atom stereocenters. The smallest absolute Gasteiger partial charge is 0.329 e. The number of aliphatic carboxylic acids is 1. The summed E-state index contributed by atoms with van der Waals surface area (Å²) in [6.07, 6.45) is 3.78. The number of rotatable bonds is 6. The van der Waals surface area contributed by atoms with Gasteiger partial charge < -0.3 is 20.1 Å². The molecule has 1 aliphatic carbocycles. The van der Waals surface area contributed by atoms with Crippen LogP contribution in [0.5, 0.6) is 0 Å². The maximum absolute atomic E-state index is 12.1. The third kappa shape index (κ3) is 4.10. The molecule has 1 saturated carbocycles. The number of carboxylic acids is 1. The highest BCUT2D eigenvalue weighted by Gasteiger charge is 2.43. The van der Waals surface area contributed by atoms with Crippen molar-refractivity contribution in [1.82, 2.24) is 10.2 Å². The molecule has 0 saturated heterocycles. The van der Waals surface area contributed by atoms with Crippen LogP contribution in [0, 0.1) is 5.92 Å². The number of carbonyl (C=O) groups is 2. The summed E-state index contributed by atoms with van der Waals surface area (Å²) in [7, 11) is 3.21. The molecule has 6 heteroatoms. The van der Waals surface area contributed by atoms with Crippen LogP contribution < -0.4 is 5.32 Å². The van der Waals surface area contributed by atoms with Crippen molar-refractivity contribution >= 4 is 12.0 Å². The van der Waals surface area contributed by atoms with E-state index in [1.165, 1.54) is 4.90 Å². The molecule has 20 heavy (non-hydrogen) atoms. The van der Waals surface area contributed by atoms with Crippen molar-refractivity contribution in [2.24, 2.45) is 5.92 Å². The summed E-state index contributed by atoms with van der Waals surface area (Å²) in [5.74, 6) is -0.355. The lowest BCUT2D eigenvalue weighted by atomic mass is 9.75. The van der Waals surface area contributed by atoms with Crippen molar-refractivity contribution in [3.63, 3.8) is 0 Å². The van der Waals surface area contributed by atoms with Gasteiger partial charge in [0.05, 0.1) is 6.61 Å². The first-order valence-electron chi connectivity index (χ1n) is 7.20. The molecule has 0 radical (unpaired) electrons. The van der Waals surface area contributed by atoms with Gasteiger partial charge in [0, 0.05) is 20.7 Å². The molecule has 0 aromatic heterocycles. The van der Waals surface area contributed by atoms with E-state index in [2.05, 4.69) is 12.2 Å². The van der Waals surface area contributed by atoms with Crippen molar-refractivity contribution in [1.29, 1.82) is 0 Å². The molecular formula is C14H26N2O4. The standard InChI is InChI=1S/C14H26N2O4/c1-4-11-5-7-14(8-6-11,12(17)18)15-13(19)16(2)9-10-20-3/h11H,4-10H2,1-3H3,(H,15,19)(H,17,18). The van der Waals surface area contributed by atoms with Gasteiger partial charge in [0.15, 0.2) is 0 Å². The highest BCUT2D eigenvalue weighted by Crippen LogP contribution is 2.34. The summed E-state index contributed by atoms with van der Waals surface area (Å²) < 4.78 is 4.92. The molecule has 2 N–H and O–H groups in total. The van der Waals surface area contributed by atoms with Crippen LogP contribution in [-0.2, 0) is 9.53 Å². The number of carboxylic acid groups (broad SMARTS) is 1. The van der Waals surface area contributed by atoms with Crippen LogP contribution in [0.3, 0.4) is 0 Å². The number of carbonyl (C=O) groups excluding carboxylic acids is 1. The van der Waals surface area contributed by atoms with Gasteiger partial charge in [-0.3, -0.25) is 0 Å². The Balaban J connectivity index is 2.64. The van der Waals surface area contributed by atoms with E-state index in [4.69, 9.17) is 4.74 Å². The van der Waals surface area contributed by atoms with Gasteiger partial charge in [0.25, 0.3) is 0 Å². The Morgan fingerprint density at radius 2 is 2.00 bits per heavy atom. The number of amides is 2. The normalized spacial score (nSPS) is 26.1. The molecule has 0 aliphatic heterocycles. The zero-order valence-electron chi connectivity index (χ0n) is 12.6. The molecule has 0 unspecified atom stereocenters. The van der Waals surface area contributed by atoms with E-state index in [1.807, 2.05) is 0 Å². The fourth-order valence-corrected chi connectivity index (χ4v) is 2.60. The van der Waals surface area contributed by atoms with Crippen LogP contribution in [0.15, 0.2) is 0 Å². The Labute approximate surface area is 120 Å². The first-order valence-corrected chi connectivity index (χ1v) is 7.20. The molecule has 6 nitrogen and oxygen atoms in total. The van der Waals surface area contributed by atoms with Crippen LogP contribution in [0.2, 0.25) is 0 Å². The monoisotopic (exact) mass is 286 g/mol. The van der Waals surface area contributed by atoms with Crippen LogP contribution in [-0.4, -0.2) is 54.9 Å². The lowest BCUT2D eigenvalue weighted by Crippen LogP contribution is -2.59. The maximum Gasteiger partial charge on any atom is 0.329 e. The van der Waals surface area contributed by atoms with E-state index in [1.54, 1.807) is 14.2 Å². The third-order valence-corrected chi connectivity index (χ3v) is 4.27. The second-order valence-corrected chi connectivity index (χ2v) is 5.58. The van der Waals surface area contributed by atoms with Crippen molar-refractivity contribution < 1.29 is 19.4 Å². The SMILES string of the molecule is CCC1CCC(NC(=O)N(C)CCOC)(C(=O)O)CC1. The van der Waals surface area contributed by atoms with Gasteiger partial charge in [-0.1, -0.05) is 13.3 Å². The minimum atomic E-state index is -1.11. The molecule has 0 aromatic carbocycles. The number of ether oxygens (including phenoxy) is 1. The molecule has 1 fully saturated rings. The quantitative estimate of drug-likeness (QED) is 0.779. The average molecular weight is 286 g/mol. The number of nitrogens with one attached hydrogen (secondary N) is 1. The van der Waals surface area contributed by atoms with Crippen LogP contribution in [0.1, 0.15) is 39.0 Å². The van der Waals surface area contributed by atoms with Gasteiger partial charge in [-0.2, -0.15) is 0 Å². The predicted octanol–water partition coefficient (Wildman–Crippen LogP) is 1.70. The molecule has 0 spiro atoms. The van der Waals surface area contributed by atoms with Crippen LogP contribution >= 0.6 is 0 Å². The summed E-state index contributed by atoms with van der Waals surface area (Å²) in [6.45, 7) is 2.99. The van der Waals surface area contributed by atoms with E-state index in [0.29, 0.717) is 31.9 Å². The second-order valence-electron chi connectivity index (χ2n) is 5.58.